The molecule has 0 spiro atoms. The third kappa shape index (κ3) is 51.5. The third-order valence-corrected chi connectivity index (χ3v) is 20.7. The molecule has 0 fully saturated rings. The van der Waals surface area contributed by atoms with Gasteiger partial charge in [-0.3, -0.25) is 4.90 Å². The second-order valence-electron chi connectivity index (χ2n) is 29.1. The smallest absolute Gasteiger partial charge is 0.0266 e. The van der Waals surface area contributed by atoms with Crippen LogP contribution in [0.1, 0.15) is 434 Å². The standard InChI is InChI=1S/C83H163N3/c1-9-13-17-21-25-29-33-37-41-45-49-53-57-61-65-69-74-83(82(7,8)81(5,6)80-85-77-73-76-84,75-70-66-62-58-54-50-46-42-38-34-30-26-22-18-14-10-2)86(78-71-67-63-59-55-51-47-43-39-35-31-27-23-19-15-11-3)79-72-68-64-60-56-52-48-44-40-36-32-28-24-20-16-12-4/h37-44,85H,9-36,45-80,84H2,1-8H3/b41-37-,42-38-,43-39-,44-40-. The molecule has 510 valence electrons. The van der Waals surface area contributed by atoms with Gasteiger partial charge in [-0.25, -0.2) is 0 Å². The molecule has 0 saturated heterocycles. The largest absolute Gasteiger partial charge is 0.330 e. The fraction of sp³-hybridized carbons (Fsp3) is 0.904. The van der Waals surface area contributed by atoms with Gasteiger partial charge >= 0.3 is 0 Å². The molecule has 0 aliphatic rings. The molecular formula is C83H163N3. The van der Waals surface area contributed by atoms with Crippen LogP contribution in [0.5, 0.6) is 0 Å². The van der Waals surface area contributed by atoms with Crippen molar-refractivity contribution < 1.29 is 0 Å². The van der Waals surface area contributed by atoms with Crippen LogP contribution in [0.15, 0.2) is 48.6 Å². The van der Waals surface area contributed by atoms with E-state index in [1.54, 1.807) is 0 Å². The third-order valence-electron chi connectivity index (χ3n) is 20.7. The summed E-state index contributed by atoms with van der Waals surface area (Å²) in [4.78, 5) is 3.23. The maximum Gasteiger partial charge on any atom is 0.0266 e. The Labute approximate surface area is 545 Å². The van der Waals surface area contributed by atoms with Gasteiger partial charge < -0.3 is 11.1 Å². The van der Waals surface area contributed by atoms with Crippen molar-refractivity contribution in [2.24, 2.45) is 16.6 Å². The maximum atomic E-state index is 6.08. The highest BCUT2D eigenvalue weighted by atomic mass is 15.2. The van der Waals surface area contributed by atoms with Crippen LogP contribution in [-0.4, -0.2) is 43.2 Å². The van der Waals surface area contributed by atoms with E-state index in [0.717, 1.165) is 26.1 Å². The first-order chi connectivity index (χ1) is 42.2. The Balaban J connectivity index is 6.27. The number of nitrogens with one attached hydrogen (secondary N) is 1. The Hall–Kier alpha value is -1.16. The molecule has 0 aromatic rings. The van der Waals surface area contributed by atoms with Crippen LogP contribution in [0, 0.1) is 10.8 Å². The molecule has 0 rings (SSSR count). The van der Waals surface area contributed by atoms with Crippen LogP contribution in [0.3, 0.4) is 0 Å². The predicted octanol–water partition coefficient (Wildman–Crippen LogP) is 27.9. The lowest BCUT2D eigenvalue weighted by Crippen LogP contribution is -2.64. The summed E-state index contributed by atoms with van der Waals surface area (Å²) in [5.74, 6) is 0. The molecule has 3 heteroatoms. The van der Waals surface area contributed by atoms with E-state index in [0.29, 0.717) is 0 Å². The first kappa shape index (κ1) is 84.8. The second-order valence-corrected chi connectivity index (χ2v) is 29.1. The molecule has 0 bridgehead atoms. The van der Waals surface area contributed by atoms with Gasteiger partial charge in [0, 0.05) is 12.1 Å². The minimum absolute atomic E-state index is 0.130. The molecule has 3 N–H and O–H groups in total. The molecule has 0 aliphatic carbocycles. The van der Waals surface area contributed by atoms with E-state index in [1.165, 1.54) is 385 Å². The fourth-order valence-corrected chi connectivity index (χ4v) is 13.9. The summed E-state index contributed by atoms with van der Waals surface area (Å²) in [5.41, 5.74) is 6.53. The van der Waals surface area contributed by atoms with Gasteiger partial charge in [0.15, 0.2) is 0 Å². The van der Waals surface area contributed by atoms with Gasteiger partial charge in [-0.05, 0) is 172 Å². The molecule has 0 atom stereocenters. The Bertz CT molecular complexity index is 1340. The minimum Gasteiger partial charge on any atom is -0.330 e. The van der Waals surface area contributed by atoms with Gasteiger partial charge in [-0.1, -0.05) is 348 Å². The average molecular weight is 1200 g/mol. The topological polar surface area (TPSA) is 41.3 Å². The molecule has 3 nitrogen and oxygen atoms in total. The summed E-state index contributed by atoms with van der Waals surface area (Å²) >= 11 is 0. The molecule has 0 heterocycles. The van der Waals surface area contributed by atoms with Gasteiger partial charge in [0.25, 0.3) is 0 Å². The van der Waals surface area contributed by atoms with Gasteiger partial charge in [0.05, 0.1) is 0 Å². The van der Waals surface area contributed by atoms with Gasteiger partial charge in [-0.2, -0.15) is 0 Å². The number of nitrogens with two attached hydrogens (primary N) is 1. The van der Waals surface area contributed by atoms with Crippen molar-refractivity contribution >= 4 is 0 Å². The highest BCUT2D eigenvalue weighted by Crippen LogP contribution is 2.54. The molecule has 0 aliphatic heterocycles. The van der Waals surface area contributed by atoms with Crippen molar-refractivity contribution in [3.05, 3.63) is 48.6 Å². The number of hydrogen-bond donors (Lipinski definition) is 2. The van der Waals surface area contributed by atoms with Crippen molar-refractivity contribution in [2.45, 2.75) is 440 Å². The van der Waals surface area contributed by atoms with E-state index < -0.39 is 0 Å². The zero-order chi connectivity index (χ0) is 62.7. The van der Waals surface area contributed by atoms with Gasteiger partial charge in [-0.15, -0.1) is 0 Å². The number of rotatable bonds is 72. The lowest BCUT2D eigenvalue weighted by atomic mass is 9.53. The SMILES string of the molecule is CCCCCCCC/C=C\CCCCCCCCN(CCCCCCCC/C=C\CCCCCCCC)C(CCCCCCCC/C=C\CCCCCCCC)(CCCCCCCC/C=C\CCCCCCCC)C(C)(C)C(C)(C)CNCCCN. The van der Waals surface area contributed by atoms with E-state index in [4.69, 9.17) is 5.73 Å². The van der Waals surface area contributed by atoms with Crippen molar-refractivity contribution in [2.75, 3.05) is 32.7 Å². The summed E-state index contributed by atoms with van der Waals surface area (Å²) in [6, 6.07) is 0. The number of allylic oxidation sites excluding steroid dienone is 8. The summed E-state index contributed by atoms with van der Waals surface area (Å²) < 4.78 is 0. The zero-order valence-electron chi connectivity index (χ0n) is 60.9. The van der Waals surface area contributed by atoms with E-state index in [2.05, 4.69) is 114 Å². The first-order valence-corrected chi connectivity index (χ1v) is 40.0. The molecule has 0 aromatic carbocycles. The maximum absolute atomic E-state index is 6.08. The number of unbranched alkanes of at least 4 members (excludes halogenated alkanes) is 48. The van der Waals surface area contributed by atoms with Crippen molar-refractivity contribution in [1.82, 2.24) is 10.2 Å². The lowest BCUT2D eigenvalue weighted by molar-refractivity contribution is -0.0986. The fourth-order valence-electron chi connectivity index (χ4n) is 13.9. The van der Waals surface area contributed by atoms with Crippen LogP contribution in [-0.2, 0) is 0 Å². The lowest BCUT2D eigenvalue weighted by Gasteiger charge is -2.61. The van der Waals surface area contributed by atoms with Crippen molar-refractivity contribution in [3.8, 4) is 0 Å². The Kier molecular flexibility index (Phi) is 65.9. The van der Waals surface area contributed by atoms with Crippen LogP contribution < -0.4 is 11.1 Å². The molecule has 0 saturated carbocycles. The van der Waals surface area contributed by atoms with E-state index >= 15 is 0 Å². The minimum atomic E-state index is 0.130. The highest BCUT2D eigenvalue weighted by molar-refractivity contribution is 5.08. The Morgan fingerprint density at radius 3 is 0.744 bits per heavy atom. The molecule has 0 unspecified atom stereocenters. The van der Waals surface area contributed by atoms with E-state index in [-0.39, 0.29) is 16.4 Å². The second kappa shape index (κ2) is 66.8. The normalized spacial score (nSPS) is 12.9. The molecule has 0 aromatic heterocycles. The van der Waals surface area contributed by atoms with Crippen LogP contribution in [0.25, 0.3) is 0 Å². The first-order valence-electron chi connectivity index (χ1n) is 40.0. The quantitative estimate of drug-likeness (QED) is 0.0471. The van der Waals surface area contributed by atoms with E-state index in [9.17, 15) is 0 Å². The molecule has 0 amide bonds. The zero-order valence-corrected chi connectivity index (χ0v) is 60.9. The average Bonchev–Trinajstić information content (AvgIpc) is 0.803. The summed E-state index contributed by atoms with van der Waals surface area (Å²) in [5, 5.41) is 3.98. The molecule has 86 heavy (non-hydrogen) atoms. The van der Waals surface area contributed by atoms with Gasteiger partial charge in [0.1, 0.15) is 0 Å². The molecular weight excluding hydrogens is 1040 g/mol. The van der Waals surface area contributed by atoms with Crippen LogP contribution in [0.4, 0.5) is 0 Å². The summed E-state index contributed by atoms with van der Waals surface area (Å²) in [6.07, 6.45) is 101. The Morgan fingerprint density at radius 1 is 0.279 bits per heavy atom. The highest BCUT2D eigenvalue weighted by Gasteiger charge is 2.54. The predicted molar refractivity (Wildman–Crippen MR) is 395 cm³/mol. The van der Waals surface area contributed by atoms with Crippen LogP contribution >= 0.6 is 0 Å². The summed E-state index contributed by atoms with van der Waals surface area (Å²) in [7, 11) is 0. The van der Waals surface area contributed by atoms with Crippen molar-refractivity contribution in [3.63, 3.8) is 0 Å². The molecule has 0 radical (unpaired) electrons. The van der Waals surface area contributed by atoms with Crippen molar-refractivity contribution in [1.29, 1.82) is 0 Å². The van der Waals surface area contributed by atoms with Gasteiger partial charge in [0.2, 0.25) is 0 Å². The summed E-state index contributed by atoms with van der Waals surface area (Å²) in [6.45, 7) is 25.5. The number of hydrogen-bond acceptors (Lipinski definition) is 3. The Morgan fingerprint density at radius 2 is 0.500 bits per heavy atom. The van der Waals surface area contributed by atoms with E-state index in [1.807, 2.05) is 0 Å². The number of nitrogens with zero attached hydrogens (tertiary/aromatic N) is 1. The van der Waals surface area contributed by atoms with Crippen LogP contribution in [0.2, 0.25) is 0 Å². The monoisotopic (exact) mass is 1200 g/mol.